The van der Waals surface area contributed by atoms with Gasteiger partial charge in [-0.25, -0.2) is 15.0 Å². The largest absolute Gasteiger partial charge is 0.378 e. The summed E-state index contributed by atoms with van der Waals surface area (Å²) in [4.78, 5) is 30.5. The topological polar surface area (TPSA) is 130 Å². The third kappa shape index (κ3) is 2.65. The number of nitro groups is 1. The number of fused-ring (bicyclic) bond motifs is 1. The van der Waals surface area contributed by atoms with E-state index in [9.17, 15) is 10.1 Å². The van der Waals surface area contributed by atoms with Crippen LogP contribution >= 0.6 is 0 Å². The van der Waals surface area contributed by atoms with Crippen LogP contribution in [0.1, 0.15) is 6.42 Å². The molecule has 134 valence electrons. The van der Waals surface area contributed by atoms with Crippen molar-refractivity contribution in [3.05, 3.63) is 40.8 Å². The van der Waals surface area contributed by atoms with Gasteiger partial charge < -0.3 is 20.5 Å². The molecule has 3 N–H and O–H groups in total. The van der Waals surface area contributed by atoms with E-state index in [1.54, 1.807) is 12.4 Å². The van der Waals surface area contributed by atoms with Gasteiger partial charge in [0.15, 0.2) is 0 Å². The number of hydrogen-bond donors (Lipinski definition) is 2. The van der Waals surface area contributed by atoms with Gasteiger partial charge in [0.25, 0.3) is 0 Å². The lowest BCUT2D eigenvalue weighted by Gasteiger charge is -2.26. The number of pyridine rings is 1. The van der Waals surface area contributed by atoms with Gasteiger partial charge in [0.1, 0.15) is 23.6 Å². The zero-order valence-electron chi connectivity index (χ0n) is 14.2. The summed E-state index contributed by atoms with van der Waals surface area (Å²) in [7, 11) is 1.92. The maximum absolute atomic E-state index is 10.9. The lowest BCUT2D eigenvalue weighted by molar-refractivity contribution is -0.384. The van der Waals surface area contributed by atoms with Gasteiger partial charge in [0.2, 0.25) is 5.82 Å². The molecule has 0 aliphatic carbocycles. The maximum atomic E-state index is 10.9. The van der Waals surface area contributed by atoms with Crippen LogP contribution in [0.4, 0.5) is 23.1 Å². The van der Waals surface area contributed by atoms with Crippen LogP contribution in [0.15, 0.2) is 30.7 Å². The highest BCUT2D eigenvalue weighted by Crippen LogP contribution is 2.29. The molecule has 0 radical (unpaired) electrons. The van der Waals surface area contributed by atoms with Crippen LogP contribution in [-0.4, -0.2) is 51.0 Å². The molecule has 10 nitrogen and oxygen atoms in total. The molecule has 1 saturated heterocycles. The smallest absolute Gasteiger partial charge is 0.311 e. The highest BCUT2D eigenvalue weighted by Gasteiger charge is 2.29. The van der Waals surface area contributed by atoms with E-state index in [1.165, 1.54) is 6.07 Å². The van der Waals surface area contributed by atoms with E-state index in [1.807, 2.05) is 24.2 Å². The average Bonchev–Trinajstić information content (AvgIpc) is 3.29. The third-order valence-electron chi connectivity index (χ3n) is 4.79. The molecule has 0 aromatic carbocycles. The number of nitrogens with one attached hydrogen (secondary N) is 1. The molecule has 4 heterocycles. The van der Waals surface area contributed by atoms with Crippen molar-refractivity contribution in [1.29, 1.82) is 0 Å². The zero-order chi connectivity index (χ0) is 18.3. The van der Waals surface area contributed by atoms with Gasteiger partial charge >= 0.3 is 5.69 Å². The number of nitrogen functional groups attached to an aromatic ring is 1. The Kier molecular flexibility index (Phi) is 3.79. The summed E-state index contributed by atoms with van der Waals surface area (Å²) < 4.78 is 0. The standard InChI is InChI=1S/C16H18N8O2/c1-22(13-3-2-12(24(25)26)14(17)21-13)10-5-7-23(8-10)16-11-4-6-18-15(11)19-9-20-16/h2-4,6,9-10H,5,7-8H2,1H3,(H2,17,21)(H,18,19,20). The van der Waals surface area contributed by atoms with Crippen molar-refractivity contribution < 1.29 is 4.92 Å². The Morgan fingerprint density at radius 3 is 3.00 bits per heavy atom. The molecule has 1 atom stereocenters. The van der Waals surface area contributed by atoms with Crippen molar-refractivity contribution in [3.8, 4) is 0 Å². The van der Waals surface area contributed by atoms with E-state index >= 15 is 0 Å². The first kappa shape index (κ1) is 16.1. The van der Waals surface area contributed by atoms with E-state index in [2.05, 4.69) is 24.8 Å². The van der Waals surface area contributed by atoms with Crippen molar-refractivity contribution in [2.75, 3.05) is 35.7 Å². The van der Waals surface area contributed by atoms with Crippen LogP contribution in [0.25, 0.3) is 11.0 Å². The second-order valence-corrected chi connectivity index (χ2v) is 6.27. The first-order valence-corrected chi connectivity index (χ1v) is 8.21. The maximum Gasteiger partial charge on any atom is 0.311 e. The summed E-state index contributed by atoms with van der Waals surface area (Å²) in [6.07, 6.45) is 4.33. The Morgan fingerprint density at radius 2 is 2.23 bits per heavy atom. The third-order valence-corrected chi connectivity index (χ3v) is 4.79. The van der Waals surface area contributed by atoms with Crippen molar-refractivity contribution >= 4 is 34.2 Å². The Balaban J connectivity index is 1.54. The van der Waals surface area contributed by atoms with E-state index in [-0.39, 0.29) is 17.5 Å². The number of anilines is 3. The van der Waals surface area contributed by atoms with Crippen LogP contribution < -0.4 is 15.5 Å². The number of H-pyrrole nitrogens is 1. The minimum Gasteiger partial charge on any atom is -0.378 e. The van der Waals surface area contributed by atoms with E-state index in [0.717, 1.165) is 36.4 Å². The molecule has 1 unspecified atom stereocenters. The Hall–Kier alpha value is -3.43. The van der Waals surface area contributed by atoms with E-state index in [0.29, 0.717) is 5.82 Å². The van der Waals surface area contributed by atoms with Gasteiger partial charge in [0.05, 0.1) is 10.3 Å². The highest BCUT2D eigenvalue weighted by molar-refractivity contribution is 5.87. The molecule has 1 aliphatic rings. The summed E-state index contributed by atoms with van der Waals surface area (Å²) in [6, 6.07) is 5.20. The first-order valence-electron chi connectivity index (χ1n) is 8.21. The van der Waals surface area contributed by atoms with Crippen LogP contribution in [0.2, 0.25) is 0 Å². The van der Waals surface area contributed by atoms with Gasteiger partial charge in [-0.2, -0.15) is 0 Å². The summed E-state index contributed by atoms with van der Waals surface area (Å²) in [5.74, 6) is 1.46. The number of aromatic nitrogens is 4. The summed E-state index contributed by atoms with van der Waals surface area (Å²) in [5, 5.41) is 11.9. The SMILES string of the molecule is CN(c1ccc([N+](=O)[O-])c(N)n1)C1CCN(c2ncnc3[nH]ccc23)C1. The van der Waals surface area contributed by atoms with Gasteiger partial charge in [-0.3, -0.25) is 10.1 Å². The summed E-state index contributed by atoms with van der Waals surface area (Å²) in [5.41, 5.74) is 6.36. The normalized spacial score (nSPS) is 17.0. The van der Waals surface area contributed by atoms with Gasteiger partial charge in [0, 0.05) is 38.4 Å². The van der Waals surface area contributed by atoms with Crippen LogP contribution in [0, 0.1) is 10.1 Å². The lowest BCUT2D eigenvalue weighted by Crippen LogP contribution is -2.35. The molecule has 3 aromatic rings. The lowest BCUT2D eigenvalue weighted by atomic mass is 10.2. The molecular formula is C16H18N8O2. The fourth-order valence-corrected chi connectivity index (χ4v) is 3.36. The van der Waals surface area contributed by atoms with Gasteiger partial charge in [-0.1, -0.05) is 0 Å². The molecule has 0 spiro atoms. The van der Waals surface area contributed by atoms with E-state index in [4.69, 9.17) is 5.73 Å². The highest BCUT2D eigenvalue weighted by atomic mass is 16.6. The molecule has 3 aromatic heterocycles. The van der Waals surface area contributed by atoms with Crippen LogP contribution in [0.5, 0.6) is 0 Å². The van der Waals surface area contributed by atoms with Crippen LogP contribution in [0.3, 0.4) is 0 Å². The number of nitrogens with two attached hydrogens (primary N) is 1. The summed E-state index contributed by atoms with van der Waals surface area (Å²) in [6.45, 7) is 1.63. The number of aromatic amines is 1. The first-order chi connectivity index (χ1) is 12.5. The van der Waals surface area contributed by atoms with Crippen molar-refractivity contribution in [2.24, 2.45) is 0 Å². The molecule has 10 heteroatoms. The van der Waals surface area contributed by atoms with Crippen molar-refractivity contribution in [2.45, 2.75) is 12.5 Å². The predicted octanol–water partition coefficient (Wildman–Crippen LogP) is 1.56. The monoisotopic (exact) mass is 354 g/mol. The molecule has 0 amide bonds. The second kappa shape index (κ2) is 6.14. The Bertz CT molecular complexity index is 972. The zero-order valence-corrected chi connectivity index (χ0v) is 14.2. The molecular weight excluding hydrogens is 336 g/mol. The Labute approximate surface area is 148 Å². The number of rotatable bonds is 4. The second-order valence-electron chi connectivity index (χ2n) is 6.27. The molecule has 1 aliphatic heterocycles. The molecule has 0 saturated carbocycles. The van der Waals surface area contributed by atoms with Gasteiger partial charge in [-0.05, 0) is 18.6 Å². The quantitative estimate of drug-likeness (QED) is 0.533. The fraction of sp³-hybridized carbons (Fsp3) is 0.312. The minimum absolute atomic E-state index is 0.0703. The average molecular weight is 354 g/mol. The minimum atomic E-state index is -0.527. The van der Waals surface area contributed by atoms with Gasteiger partial charge in [-0.15, -0.1) is 0 Å². The number of likely N-dealkylation sites (N-methyl/N-ethyl adjacent to an activating group) is 1. The molecule has 26 heavy (non-hydrogen) atoms. The molecule has 4 rings (SSSR count). The van der Waals surface area contributed by atoms with Crippen LogP contribution in [-0.2, 0) is 0 Å². The Morgan fingerprint density at radius 1 is 1.38 bits per heavy atom. The fourth-order valence-electron chi connectivity index (χ4n) is 3.36. The van der Waals surface area contributed by atoms with Crippen molar-refractivity contribution in [1.82, 2.24) is 19.9 Å². The van der Waals surface area contributed by atoms with Crippen molar-refractivity contribution in [3.63, 3.8) is 0 Å². The van der Waals surface area contributed by atoms with E-state index < -0.39 is 4.92 Å². The number of nitrogens with zero attached hydrogens (tertiary/aromatic N) is 6. The molecule has 1 fully saturated rings. The summed E-state index contributed by atoms with van der Waals surface area (Å²) >= 11 is 0. The number of hydrogen-bond acceptors (Lipinski definition) is 8. The molecule has 0 bridgehead atoms. The predicted molar refractivity (Wildman–Crippen MR) is 98.2 cm³/mol.